The Morgan fingerprint density at radius 3 is 2.39 bits per heavy atom. The van der Waals surface area contributed by atoms with E-state index >= 15 is 0 Å². The average molecular weight is 472 g/mol. The van der Waals surface area contributed by atoms with Crippen molar-refractivity contribution in [1.29, 1.82) is 0 Å². The van der Waals surface area contributed by atoms with Gasteiger partial charge in [-0.2, -0.15) is 0 Å². The predicted molar refractivity (Wildman–Crippen MR) is 124 cm³/mol. The number of fused-ring (bicyclic) bond motifs is 3. The van der Waals surface area contributed by atoms with Crippen LogP contribution in [-0.4, -0.2) is 45.5 Å². The van der Waals surface area contributed by atoms with Gasteiger partial charge in [0.1, 0.15) is 13.2 Å². The number of nitrogens with zero attached hydrogens (tertiary/aromatic N) is 1. The Labute approximate surface area is 194 Å². The van der Waals surface area contributed by atoms with Crippen molar-refractivity contribution in [2.24, 2.45) is 5.14 Å². The molecule has 176 valence electrons. The summed E-state index contributed by atoms with van der Waals surface area (Å²) in [5.41, 5.74) is 3.10. The van der Waals surface area contributed by atoms with E-state index in [4.69, 9.17) is 14.6 Å². The molecule has 0 unspecified atom stereocenters. The van der Waals surface area contributed by atoms with E-state index in [0.717, 1.165) is 30.9 Å². The lowest BCUT2D eigenvalue weighted by atomic mass is 9.71. The van der Waals surface area contributed by atoms with Crippen LogP contribution in [0.5, 0.6) is 11.5 Å². The molecule has 3 N–H and O–H groups in total. The molecule has 2 aromatic rings. The minimum atomic E-state index is -3.77. The number of nitrogens with one attached hydrogen (secondary N) is 1. The summed E-state index contributed by atoms with van der Waals surface area (Å²) in [7, 11) is -3.77. The molecule has 0 radical (unpaired) electrons. The Bertz CT molecular complexity index is 1170. The first-order valence-electron chi connectivity index (χ1n) is 11.4. The van der Waals surface area contributed by atoms with E-state index in [0.29, 0.717) is 18.9 Å². The third-order valence-corrected chi connectivity index (χ3v) is 8.09. The second-order valence-electron chi connectivity index (χ2n) is 9.27. The number of benzene rings is 2. The van der Waals surface area contributed by atoms with Crippen molar-refractivity contribution in [3.05, 3.63) is 47.5 Å². The van der Waals surface area contributed by atoms with Crippen molar-refractivity contribution in [1.82, 2.24) is 4.90 Å². The van der Waals surface area contributed by atoms with Gasteiger partial charge in [0.15, 0.2) is 11.5 Å². The van der Waals surface area contributed by atoms with Gasteiger partial charge in [0, 0.05) is 23.7 Å². The first-order chi connectivity index (χ1) is 15.7. The average Bonchev–Trinajstić information content (AvgIpc) is 3.25. The summed E-state index contributed by atoms with van der Waals surface area (Å²) >= 11 is 0. The standard InChI is InChI=1S/C24H29N3O5S/c1-16-19-12-21-22(32-11-10-31-21)13-20(19)24(8-2-3-9-24)15-27(16)14-23(28)26-17-4-6-18(7-5-17)33(25,29)30/h4-7,12-13,16H,2-3,8-11,14-15H2,1H3,(H,26,28)(H2,25,29,30)/t16-/m0/s1. The molecule has 33 heavy (non-hydrogen) atoms. The normalized spacial score (nSPS) is 21.6. The van der Waals surface area contributed by atoms with Crippen LogP contribution in [0.3, 0.4) is 0 Å². The van der Waals surface area contributed by atoms with E-state index < -0.39 is 10.0 Å². The maximum Gasteiger partial charge on any atom is 0.238 e. The fourth-order valence-electron chi connectivity index (χ4n) is 5.50. The number of carbonyl (C=O) groups excluding carboxylic acids is 1. The second-order valence-corrected chi connectivity index (χ2v) is 10.8. The highest BCUT2D eigenvalue weighted by Gasteiger charge is 2.45. The van der Waals surface area contributed by atoms with Gasteiger partial charge in [0.2, 0.25) is 15.9 Å². The van der Waals surface area contributed by atoms with Gasteiger partial charge >= 0.3 is 0 Å². The molecular weight excluding hydrogens is 442 g/mol. The Balaban J connectivity index is 1.37. The number of rotatable bonds is 4. The monoisotopic (exact) mass is 471 g/mol. The minimum absolute atomic E-state index is 0.0134. The maximum atomic E-state index is 12.9. The van der Waals surface area contributed by atoms with Crippen LogP contribution in [0, 0.1) is 0 Å². The smallest absolute Gasteiger partial charge is 0.238 e. The SMILES string of the molecule is C[C@H]1c2cc3c(cc2C2(CCCC2)CN1CC(=O)Nc1ccc(S(N)(=O)=O)cc1)OCCO3. The van der Waals surface area contributed by atoms with Crippen LogP contribution in [0.2, 0.25) is 0 Å². The number of anilines is 1. The molecule has 1 fully saturated rings. The molecule has 9 heteroatoms. The van der Waals surface area contributed by atoms with Crippen molar-refractivity contribution < 1.29 is 22.7 Å². The van der Waals surface area contributed by atoms with E-state index in [9.17, 15) is 13.2 Å². The van der Waals surface area contributed by atoms with Crippen molar-refractivity contribution in [3.63, 3.8) is 0 Å². The minimum Gasteiger partial charge on any atom is -0.486 e. The zero-order valence-electron chi connectivity index (χ0n) is 18.7. The summed E-state index contributed by atoms with van der Waals surface area (Å²) in [6, 6.07) is 10.2. The largest absolute Gasteiger partial charge is 0.486 e. The molecule has 5 rings (SSSR count). The topological polar surface area (TPSA) is 111 Å². The van der Waals surface area contributed by atoms with Crippen LogP contribution in [0.4, 0.5) is 5.69 Å². The maximum absolute atomic E-state index is 12.9. The van der Waals surface area contributed by atoms with Gasteiger partial charge < -0.3 is 14.8 Å². The number of sulfonamides is 1. The summed E-state index contributed by atoms with van der Waals surface area (Å²) < 4.78 is 34.6. The summed E-state index contributed by atoms with van der Waals surface area (Å²) in [5, 5.41) is 8.03. The third-order valence-electron chi connectivity index (χ3n) is 7.16. The second kappa shape index (κ2) is 8.30. The molecule has 0 aromatic heterocycles. The molecule has 0 saturated heterocycles. The fourth-order valence-corrected chi connectivity index (χ4v) is 6.02. The van der Waals surface area contributed by atoms with Gasteiger partial charge in [-0.25, -0.2) is 13.6 Å². The molecule has 2 aliphatic heterocycles. The Hall–Kier alpha value is -2.62. The molecule has 1 aliphatic carbocycles. The van der Waals surface area contributed by atoms with Crippen molar-refractivity contribution in [2.45, 2.75) is 49.0 Å². The Morgan fingerprint density at radius 1 is 1.12 bits per heavy atom. The molecule has 1 spiro atoms. The Kier molecular flexibility index (Phi) is 5.58. The summed E-state index contributed by atoms with van der Waals surface area (Å²) in [6.45, 7) is 4.30. The highest BCUT2D eigenvalue weighted by atomic mass is 32.2. The first kappa shape index (κ1) is 22.2. The van der Waals surface area contributed by atoms with E-state index in [1.54, 1.807) is 12.1 Å². The van der Waals surface area contributed by atoms with Crippen LogP contribution in [0.1, 0.15) is 49.8 Å². The summed E-state index contributed by atoms with van der Waals surface area (Å²) in [5.74, 6) is 1.47. The first-order valence-corrected chi connectivity index (χ1v) is 12.9. The predicted octanol–water partition coefficient (Wildman–Crippen LogP) is 2.93. The molecular formula is C24H29N3O5S. The van der Waals surface area contributed by atoms with Gasteiger partial charge in [-0.1, -0.05) is 12.8 Å². The quantitative estimate of drug-likeness (QED) is 0.709. The van der Waals surface area contributed by atoms with Gasteiger partial charge in [-0.05, 0) is 67.3 Å². The number of amides is 1. The molecule has 1 saturated carbocycles. The van der Waals surface area contributed by atoms with Crippen LogP contribution < -0.4 is 19.9 Å². The zero-order valence-corrected chi connectivity index (χ0v) is 19.5. The molecule has 1 amide bonds. The lowest BCUT2D eigenvalue weighted by molar-refractivity contribution is -0.118. The summed E-state index contributed by atoms with van der Waals surface area (Å²) in [6.07, 6.45) is 4.55. The van der Waals surface area contributed by atoms with Crippen LogP contribution >= 0.6 is 0 Å². The van der Waals surface area contributed by atoms with E-state index in [1.807, 2.05) is 0 Å². The van der Waals surface area contributed by atoms with Crippen molar-refractivity contribution >= 4 is 21.6 Å². The molecule has 2 heterocycles. The van der Waals surface area contributed by atoms with Gasteiger partial charge in [0.25, 0.3) is 0 Å². The van der Waals surface area contributed by atoms with Gasteiger partial charge in [-0.3, -0.25) is 9.69 Å². The highest BCUT2D eigenvalue weighted by Crippen LogP contribution is 2.51. The van der Waals surface area contributed by atoms with Crippen LogP contribution in [-0.2, 0) is 20.2 Å². The summed E-state index contributed by atoms with van der Waals surface area (Å²) in [4.78, 5) is 15.2. The van der Waals surface area contributed by atoms with Gasteiger partial charge in [-0.15, -0.1) is 0 Å². The van der Waals surface area contributed by atoms with Crippen molar-refractivity contribution in [3.8, 4) is 11.5 Å². The fraction of sp³-hybridized carbons (Fsp3) is 0.458. The molecule has 2 aromatic carbocycles. The number of nitrogens with two attached hydrogens (primary N) is 1. The number of carbonyl (C=O) groups is 1. The molecule has 0 bridgehead atoms. The highest BCUT2D eigenvalue weighted by molar-refractivity contribution is 7.89. The van der Waals surface area contributed by atoms with Crippen LogP contribution in [0.15, 0.2) is 41.3 Å². The van der Waals surface area contributed by atoms with Crippen LogP contribution in [0.25, 0.3) is 0 Å². The molecule has 1 atom stereocenters. The molecule has 3 aliphatic rings. The number of hydrogen-bond acceptors (Lipinski definition) is 6. The zero-order chi connectivity index (χ0) is 23.2. The number of hydrogen-bond donors (Lipinski definition) is 2. The Morgan fingerprint density at radius 2 is 1.76 bits per heavy atom. The van der Waals surface area contributed by atoms with E-state index in [-0.39, 0.29) is 28.8 Å². The van der Waals surface area contributed by atoms with E-state index in [2.05, 4.69) is 29.3 Å². The lowest BCUT2D eigenvalue weighted by Crippen LogP contribution is -2.48. The lowest BCUT2D eigenvalue weighted by Gasteiger charge is -2.46. The van der Waals surface area contributed by atoms with Crippen molar-refractivity contribution in [2.75, 3.05) is 31.6 Å². The number of primary sulfonamides is 1. The number of ether oxygens (including phenoxy) is 2. The van der Waals surface area contributed by atoms with Gasteiger partial charge in [0.05, 0.1) is 11.4 Å². The molecule has 8 nitrogen and oxygen atoms in total. The third kappa shape index (κ3) is 4.20. The van der Waals surface area contributed by atoms with E-state index in [1.165, 1.54) is 36.1 Å².